The molecule has 0 unspecified atom stereocenters. The first-order valence-corrected chi connectivity index (χ1v) is 11.1. The van der Waals surface area contributed by atoms with Crippen LogP contribution in [0.4, 0.5) is 0 Å². The maximum absolute atomic E-state index is 6.08. The second kappa shape index (κ2) is 14.2. The highest BCUT2D eigenvalue weighted by atomic mass is 127. The number of hydrogen-bond donors (Lipinski definition) is 1. The normalized spacial score (nSPS) is 15.9. The summed E-state index contributed by atoms with van der Waals surface area (Å²) in [6.45, 7) is 7.00. The Balaban J connectivity index is 0.00000420. The van der Waals surface area contributed by atoms with Gasteiger partial charge in [-0.15, -0.1) is 24.0 Å². The third-order valence-electron chi connectivity index (χ3n) is 5.47. The molecule has 0 spiro atoms. The Morgan fingerprint density at radius 1 is 1.28 bits per heavy atom. The van der Waals surface area contributed by atoms with Gasteiger partial charge in [-0.25, -0.2) is 0 Å². The van der Waals surface area contributed by atoms with E-state index in [2.05, 4.69) is 47.4 Å². The summed E-state index contributed by atoms with van der Waals surface area (Å²) in [6, 6.07) is 0. The van der Waals surface area contributed by atoms with Crippen LogP contribution >= 0.6 is 24.0 Å². The highest BCUT2D eigenvalue weighted by Crippen LogP contribution is 2.20. The van der Waals surface area contributed by atoms with Gasteiger partial charge in [-0.3, -0.25) is 9.67 Å². The van der Waals surface area contributed by atoms with E-state index in [1.54, 1.807) is 0 Å². The van der Waals surface area contributed by atoms with Crippen molar-refractivity contribution in [2.75, 3.05) is 27.2 Å². The topological polar surface area (TPSA) is 54.7 Å². The Kier molecular flexibility index (Phi) is 12.9. The fourth-order valence-electron chi connectivity index (χ4n) is 3.96. The van der Waals surface area contributed by atoms with Crippen molar-refractivity contribution >= 4 is 29.9 Å². The zero-order valence-corrected chi connectivity index (χ0v) is 21.4. The minimum Gasteiger partial charge on any atom is -0.378 e. The van der Waals surface area contributed by atoms with Gasteiger partial charge in [-0.05, 0) is 31.6 Å². The number of nitrogens with zero attached hydrogens (tertiary/aromatic N) is 4. The summed E-state index contributed by atoms with van der Waals surface area (Å²) in [5.41, 5.74) is 2.43. The van der Waals surface area contributed by atoms with Crippen molar-refractivity contribution in [3.63, 3.8) is 0 Å². The molecule has 0 aliphatic heterocycles. The van der Waals surface area contributed by atoms with Gasteiger partial charge in [-0.2, -0.15) is 5.10 Å². The van der Waals surface area contributed by atoms with Gasteiger partial charge >= 0.3 is 0 Å². The summed E-state index contributed by atoms with van der Waals surface area (Å²) < 4.78 is 7.99. The van der Waals surface area contributed by atoms with Crippen LogP contribution in [0.15, 0.2) is 11.2 Å². The molecular weight excluding hydrogens is 477 g/mol. The molecule has 1 N–H and O–H groups in total. The van der Waals surface area contributed by atoms with E-state index < -0.39 is 0 Å². The number of guanidine groups is 1. The standard InChI is InChI=1S/C22H41N5O.HI/c1-18(2)21-19(17-27(5)25-21)16-26(4)22(23-3)24-14-10-11-15-28-20-12-8-6-7-9-13-20;/h17-18,20H,6-16H2,1-5H3,(H,23,24);1H. The van der Waals surface area contributed by atoms with Crippen LogP contribution in [0.1, 0.15) is 82.4 Å². The number of nitrogens with one attached hydrogen (secondary N) is 1. The summed E-state index contributed by atoms with van der Waals surface area (Å²) in [6.07, 6.45) is 12.8. The summed E-state index contributed by atoms with van der Waals surface area (Å²) in [5, 5.41) is 8.09. The molecule has 1 heterocycles. The van der Waals surface area contributed by atoms with Crippen LogP contribution < -0.4 is 5.32 Å². The molecule has 168 valence electrons. The van der Waals surface area contributed by atoms with Gasteiger partial charge in [0, 0.05) is 52.6 Å². The van der Waals surface area contributed by atoms with E-state index in [4.69, 9.17) is 4.74 Å². The highest BCUT2D eigenvalue weighted by Gasteiger charge is 2.15. The molecule has 2 rings (SSSR count). The molecule has 1 aromatic rings. The monoisotopic (exact) mass is 519 g/mol. The van der Waals surface area contributed by atoms with Crippen LogP contribution in [0.25, 0.3) is 0 Å². The molecule has 29 heavy (non-hydrogen) atoms. The summed E-state index contributed by atoms with van der Waals surface area (Å²) in [5.74, 6) is 1.36. The van der Waals surface area contributed by atoms with Crippen LogP contribution in [0.5, 0.6) is 0 Å². The van der Waals surface area contributed by atoms with Crippen LogP contribution in [0.3, 0.4) is 0 Å². The maximum atomic E-state index is 6.08. The second-order valence-electron chi connectivity index (χ2n) is 8.39. The van der Waals surface area contributed by atoms with Crippen molar-refractivity contribution in [2.45, 2.75) is 83.8 Å². The van der Waals surface area contributed by atoms with Gasteiger partial charge in [0.15, 0.2) is 5.96 Å². The average molecular weight is 520 g/mol. The molecule has 0 bridgehead atoms. The van der Waals surface area contributed by atoms with Gasteiger partial charge in [0.05, 0.1) is 11.8 Å². The molecule has 0 amide bonds. The second-order valence-corrected chi connectivity index (χ2v) is 8.39. The minimum absolute atomic E-state index is 0. The van der Waals surface area contributed by atoms with E-state index in [1.165, 1.54) is 49.8 Å². The Morgan fingerprint density at radius 2 is 1.97 bits per heavy atom. The molecule has 0 saturated heterocycles. The fraction of sp³-hybridized carbons (Fsp3) is 0.818. The number of rotatable bonds is 9. The number of unbranched alkanes of at least 4 members (excludes halogenated alkanes) is 1. The van der Waals surface area contributed by atoms with Gasteiger partial charge in [0.2, 0.25) is 0 Å². The lowest BCUT2D eigenvalue weighted by molar-refractivity contribution is 0.0411. The Morgan fingerprint density at radius 3 is 2.59 bits per heavy atom. The van der Waals surface area contributed by atoms with Crippen LogP contribution in [0.2, 0.25) is 0 Å². The fourth-order valence-corrected chi connectivity index (χ4v) is 3.96. The lowest BCUT2D eigenvalue weighted by Gasteiger charge is -2.22. The van der Waals surface area contributed by atoms with Crippen LogP contribution in [-0.4, -0.2) is 54.0 Å². The van der Waals surface area contributed by atoms with E-state index in [0.717, 1.165) is 38.5 Å². The largest absolute Gasteiger partial charge is 0.378 e. The predicted molar refractivity (Wildman–Crippen MR) is 132 cm³/mol. The average Bonchev–Trinajstić information content (AvgIpc) is 2.86. The molecule has 1 saturated carbocycles. The lowest BCUT2D eigenvalue weighted by Crippen LogP contribution is -2.39. The van der Waals surface area contributed by atoms with E-state index in [9.17, 15) is 0 Å². The molecule has 0 atom stereocenters. The van der Waals surface area contributed by atoms with Crippen molar-refractivity contribution in [1.29, 1.82) is 0 Å². The van der Waals surface area contributed by atoms with Gasteiger partial charge in [-0.1, -0.05) is 39.5 Å². The summed E-state index contributed by atoms with van der Waals surface area (Å²) in [7, 11) is 5.92. The number of aromatic nitrogens is 2. The lowest BCUT2D eigenvalue weighted by atomic mass is 10.1. The first-order valence-electron chi connectivity index (χ1n) is 11.1. The number of aryl methyl sites for hydroxylation is 1. The molecule has 6 nitrogen and oxygen atoms in total. The smallest absolute Gasteiger partial charge is 0.193 e. The van der Waals surface area contributed by atoms with E-state index in [0.29, 0.717) is 12.0 Å². The molecular formula is C22H42IN5O. The van der Waals surface area contributed by atoms with E-state index >= 15 is 0 Å². The number of halogens is 1. The molecule has 1 fully saturated rings. The van der Waals surface area contributed by atoms with Gasteiger partial charge < -0.3 is 15.0 Å². The van der Waals surface area contributed by atoms with Gasteiger partial charge in [0.1, 0.15) is 0 Å². The molecule has 7 heteroatoms. The number of ether oxygens (including phenoxy) is 1. The third kappa shape index (κ3) is 9.24. The SMILES string of the molecule is CN=C(NCCCCOC1CCCCCC1)N(C)Cc1cn(C)nc1C(C)C.I. The van der Waals surface area contributed by atoms with Gasteiger partial charge in [0.25, 0.3) is 0 Å². The molecule has 1 aliphatic carbocycles. The van der Waals surface area contributed by atoms with Crippen LogP contribution in [-0.2, 0) is 18.3 Å². The first-order chi connectivity index (χ1) is 13.5. The predicted octanol–water partition coefficient (Wildman–Crippen LogP) is 4.69. The summed E-state index contributed by atoms with van der Waals surface area (Å²) >= 11 is 0. The van der Waals surface area contributed by atoms with Crippen LogP contribution in [0, 0.1) is 0 Å². The van der Waals surface area contributed by atoms with E-state index in [1.807, 2.05) is 18.8 Å². The number of aliphatic imine (C=N–C) groups is 1. The van der Waals surface area contributed by atoms with Crippen molar-refractivity contribution in [3.05, 3.63) is 17.5 Å². The van der Waals surface area contributed by atoms with Crippen molar-refractivity contribution < 1.29 is 4.74 Å². The quantitative estimate of drug-likeness (QED) is 0.169. The molecule has 0 radical (unpaired) electrons. The van der Waals surface area contributed by atoms with Crippen molar-refractivity contribution in [2.24, 2.45) is 12.0 Å². The maximum Gasteiger partial charge on any atom is 0.193 e. The highest BCUT2D eigenvalue weighted by molar-refractivity contribution is 14.0. The minimum atomic E-state index is 0. The van der Waals surface area contributed by atoms with Crippen molar-refractivity contribution in [3.8, 4) is 0 Å². The summed E-state index contributed by atoms with van der Waals surface area (Å²) in [4.78, 5) is 6.61. The molecule has 1 aromatic heterocycles. The Hall–Kier alpha value is -0.830. The molecule has 0 aromatic carbocycles. The molecule has 1 aliphatic rings. The first kappa shape index (κ1) is 26.2. The zero-order valence-electron chi connectivity index (χ0n) is 19.1. The third-order valence-corrected chi connectivity index (χ3v) is 5.47. The Labute approximate surface area is 194 Å². The zero-order chi connectivity index (χ0) is 20.4. The van der Waals surface area contributed by atoms with Crippen molar-refractivity contribution in [1.82, 2.24) is 20.0 Å². The van der Waals surface area contributed by atoms with E-state index in [-0.39, 0.29) is 24.0 Å². The number of hydrogen-bond acceptors (Lipinski definition) is 3. The Bertz CT molecular complexity index is 594.